The number of aliphatic imine (C=N–C) groups is 1. The first kappa shape index (κ1) is 22.6. The molecule has 0 saturated carbocycles. The first-order valence-corrected chi connectivity index (χ1v) is 10.2. The van der Waals surface area contributed by atoms with E-state index in [1.54, 1.807) is 11.3 Å². The second kappa shape index (κ2) is 12.0. The predicted octanol–water partition coefficient (Wildman–Crippen LogP) is 2.04. The zero-order chi connectivity index (χ0) is 16.4. The Morgan fingerprint density at radius 1 is 1.43 bits per heavy atom. The maximum absolute atomic E-state index is 11.0. The highest BCUT2D eigenvalue weighted by Gasteiger charge is 2.08. The van der Waals surface area contributed by atoms with Gasteiger partial charge in [-0.15, -0.1) is 35.3 Å². The number of nitrogens with zero attached hydrogens (tertiary/aromatic N) is 1. The molecule has 1 aromatic heterocycles. The van der Waals surface area contributed by atoms with Crippen molar-refractivity contribution < 1.29 is 13.2 Å². The number of halogens is 1. The van der Waals surface area contributed by atoms with Crippen molar-refractivity contribution in [1.29, 1.82) is 0 Å². The quantitative estimate of drug-likeness (QED) is 0.247. The van der Waals surface area contributed by atoms with Gasteiger partial charge in [-0.1, -0.05) is 6.07 Å². The Morgan fingerprint density at radius 3 is 2.74 bits per heavy atom. The van der Waals surface area contributed by atoms with E-state index >= 15 is 0 Å². The van der Waals surface area contributed by atoms with Crippen molar-refractivity contribution in [2.45, 2.75) is 19.9 Å². The molecule has 9 heteroatoms. The summed E-state index contributed by atoms with van der Waals surface area (Å²) >= 11 is 1.70. The SMILES string of the molecule is CCNC(=NCCOCCS(C)(=O)=O)NC(C)c1cccs1.I. The average Bonchev–Trinajstić information content (AvgIpc) is 2.95. The first-order valence-electron chi connectivity index (χ1n) is 7.26. The number of hydrogen-bond acceptors (Lipinski definition) is 5. The van der Waals surface area contributed by atoms with Gasteiger partial charge in [-0.3, -0.25) is 4.99 Å². The molecule has 1 unspecified atom stereocenters. The second-order valence-corrected chi connectivity index (χ2v) is 8.12. The van der Waals surface area contributed by atoms with Gasteiger partial charge < -0.3 is 15.4 Å². The van der Waals surface area contributed by atoms with Gasteiger partial charge in [-0.05, 0) is 25.3 Å². The molecule has 2 N–H and O–H groups in total. The van der Waals surface area contributed by atoms with E-state index < -0.39 is 9.84 Å². The Kier molecular flexibility index (Phi) is 11.8. The minimum absolute atomic E-state index is 0. The molecule has 0 aliphatic carbocycles. The molecular weight excluding hydrogens is 449 g/mol. The zero-order valence-electron chi connectivity index (χ0n) is 13.7. The highest BCUT2D eigenvalue weighted by Crippen LogP contribution is 2.17. The summed E-state index contributed by atoms with van der Waals surface area (Å²) in [6, 6.07) is 4.29. The molecule has 6 nitrogen and oxygen atoms in total. The topological polar surface area (TPSA) is 79.8 Å². The van der Waals surface area contributed by atoms with Crippen LogP contribution < -0.4 is 10.6 Å². The van der Waals surface area contributed by atoms with Gasteiger partial charge in [-0.2, -0.15) is 0 Å². The maximum Gasteiger partial charge on any atom is 0.191 e. The fraction of sp³-hybridized carbons (Fsp3) is 0.643. The van der Waals surface area contributed by atoms with Crippen LogP contribution in [0.1, 0.15) is 24.8 Å². The normalized spacial score (nSPS) is 13.3. The fourth-order valence-corrected chi connectivity index (χ4v) is 2.82. The maximum atomic E-state index is 11.0. The number of sulfone groups is 1. The Bertz CT molecular complexity index is 548. The summed E-state index contributed by atoms with van der Waals surface area (Å²) in [6.07, 6.45) is 1.20. The van der Waals surface area contributed by atoms with Gasteiger partial charge in [0.25, 0.3) is 0 Å². The minimum atomic E-state index is -2.96. The van der Waals surface area contributed by atoms with Gasteiger partial charge in [0.2, 0.25) is 0 Å². The highest BCUT2D eigenvalue weighted by atomic mass is 127. The molecule has 0 spiro atoms. The van der Waals surface area contributed by atoms with Crippen LogP contribution in [0.2, 0.25) is 0 Å². The van der Waals surface area contributed by atoms with Crippen molar-refractivity contribution in [2.75, 3.05) is 38.3 Å². The fourth-order valence-electron chi connectivity index (χ4n) is 1.67. The molecule has 1 heterocycles. The molecule has 0 aromatic carbocycles. The third-order valence-electron chi connectivity index (χ3n) is 2.77. The lowest BCUT2D eigenvalue weighted by Gasteiger charge is -2.16. The van der Waals surface area contributed by atoms with Crippen LogP contribution >= 0.6 is 35.3 Å². The minimum Gasteiger partial charge on any atom is -0.378 e. The van der Waals surface area contributed by atoms with E-state index in [0.717, 1.165) is 12.5 Å². The van der Waals surface area contributed by atoms with E-state index in [0.29, 0.717) is 13.2 Å². The third-order valence-corrected chi connectivity index (χ3v) is 4.73. The van der Waals surface area contributed by atoms with Crippen molar-refractivity contribution in [1.82, 2.24) is 10.6 Å². The van der Waals surface area contributed by atoms with Crippen LogP contribution in [0.25, 0.3) is 0 Å². The second-order valence-electron chi connectivity index (χ2n) is 4.88. The number of thiophene rings is 1. The van der Waals surface area contributed by atoms with Crippen molar-refractivity contribution in [3.8, 4) is 0 Å². The summed E-state index contributed by atoms with van der Waals surface area (Å²) in [5.74, 6) is 0.778. The molecule has 0 fully saturated rings. The van der Waals surface area contributed by atoms with Crippen LogP contribution in [0.3, 0.4) is 0 Å². The Labute approximate surface area is 160 Å². The number of nitrogens with one attached hydrogen (secondary N) is 2. The van der Waals surface area contributed by atoms with Gasteiger partial charge in [0, 0.05) is 17.7 Å². The third kappa shape index (κ3) is 10.9. The van der Waals surface area contributed by atoms with E-state index in [1.807, 2.05) is 18.4 Å². The van der Waals surface area contributed by atoms with Gasteiger partial charge in [0.05, 0.1) is 31.6 Å². The van der Waals surface area contributed by atoms with Crippen molar-refractivity contribution in [3.63, 3.8) is 0 Å². The summed E-state index contributed by atoms with van der Waals surface area (Å²) < 4.78 is 27.2. The van der Waals surface area contributed by atoms with Crippen LogP contribution in [0.15, 0.2) is 22.5 Å². The summed E-state index contributed by atoms with van der Waals surface area (Å²) in [5, 5.41) is 8.56. The van der Waals surface area contributed by atoms with Crippen LogP contribution in [0.5, 0.6) is 0 Å². The molecule has 1 atom stereocenters. The van der Waals surface area contributed by atoms with E-state index in [1.165, 1.54) is 11.1 Å². The van der Waals surface area contributed by atoms with E-state index in [9.17, 15) is 8.42 Å². The molecule has 1 aromatic rings. The average molecular weight is 475 g/mol. The predicted molar refractivity (Wildman–Crippen MR) is 108 cm³/mol. The first-order chi connectivity index (χ1) is 10.4. The summed E-state index contributed by atoms with van der Waals surface area (Å²) in [6.45, 7) is 5.97. The molecule has 134 valence electrons. The molecule has 0 bridgehead atoms. The monoisotopic (exact) mass is 475 g/mol. The molecular formula is C14H26IN3O3S2. The molecule has 23 heavy (non-hydrogen) atoms. The summed E-state index contributed by atoms with van der Waals surface area (Å²) in [5.41, 5.74) is 0. The molecule has 0 radical (unpaired) electrons. The summed E-state index contributed by atoms with van der Waals surface area (Å²) in [4.78, 5) is 5.67. The lowest BCUT2D eigenvalue weighted by Crippen LogP contribution is -2.38. The van der Waals surface area contributed by atoms with Gasteiger partial charge >= 0.3 is 0 Å². The Balaban J connectivity index is 0.00000484. The standard InChI is InChI=1S/C14H25N3O3S2.HI/c1-4-15-14(17-12(2)13-6-5-10-21-13)16-7-8-20-9-11-22(3,18)19;/h5-6,10,12H,4,7-9,11H2,1-3H3,(H2,15,16,17);1H. The number of guanidine groups is 1. The van der Waals surface area contributed by atoms with Crippen molar-refractivity contribution in [3.05, 3.63) is 22.4 Å². The van der Waals surface area contributed by atoms with Gasteiger partial charge in [0.1, 0.15) is 9.84 Å². The Hall–Kier alpha value is -0.390. The highest BCUT2D eigenvalue weighted by molar-refractivity contribution is 14.0. The van der Waals surface area contributed by atoms with Crippen molar-refractivity contribution >= 4 is 51.1 Å². The van der Waals surface area contributed by atoms with Crippen LogP contribution in [-0.4, -0.2) is 52.7 Å². The van der Waals surface area contributed by atoms with Crippen LogP contribution in [0, 0.1) is 0 Å². The number of rotatable bonds is 9. The molecule has 0 aliphatic heterocycles. The van der Waals surface area contributed by atoms with Gasteiger partial charge in [0.15, 0.2) is 5.96 Å². The number of hydrogen-bond donors (Lipinski definition) is 2. The van der Waals surface area contributed by atoms with E-state index in [2.05, 4.69) is 28.6 Å². The van der Waals surface area contributed by atoms with E-state index in [-0.39, 0.29) is 42.4 Å². The largest absolute Gasteiger partial charge is 0.378 e. The van der Waals surface area contributed by atoms with Gasteiger partial charge in [-0.25, -0.2) is 8.42 Å². The number of ether oxygens (including phenoxy) is 1. The Morgan fingerprint density at radius 2 is 2.17 bits per heavy atom. The lowest BCUT2D eigenvalue weighted by atomic mass is 10.3. The molecule has 1 rings (SSSR count). The van der Waals surface area contributed by atoms with Crippen molar-refractivity contribution in [2.24, 2.45) is 4.99 Å². The smallest absolute Gasteiger partial charge is 0.191 e. The van der Waals surface area contributed by atoms with Crippen LogP contribution in [-0.2, 0) is 14.6 Å². The molecule has 0 aliphatic rings. The lowest BCUT2D eigenvalue weighted by molar-refractivity contribution is 0.157. The molecule has 0 saturated heterocycles. The summed E-state index contributed by atoms with van der Waals surface area (Å²) in [7, 11) is -2.96. The zero-order valence-corrected chi connectivity index (χ0v) is 17.7. The van der Waals surface area contributed by atoms with E-state index in [4.69, 9.17) is 4.74 Å². The van der Waals surface area contributed by atoms with Crippen LogP contribution in [0.4, 0.5) is 0 Å². The molecule has 0 amide bonds.